The van der Waals surface area contributed by atoms with Crippen LogP contribution in [0.25, 0.3) is 0 Å². The minimum absolute atomic E-state index is 0.108. The van der Waals surface area contributed by atoms with Gasteiger partial charge in [0, 0.05) is 12.6 Å². The van der Waals surface area contributed by atoms with E-state index in [0.29, 0.717) is 25.1 Å². The lowest BCUT2D eigenvalue weighted by atomic mass is 9.95. The molecular formula is C34H43N3O4S. The van der Waals surface area contributed by atoms with E-state index in [1.807, 2.05) is 57.2 Å². The standard InChI is InChI=1S/C34H43N3O4S/c1-4-31(34(39)35-29-18-10-6-11-19-29)36(24-23-28-16-8-5-9-17-28)33(38)25-37(32-22-14-15-26(2)27(32)3)42(40,41)30-20-12-7-13-21-30/h5,7-9,12-17,20-22,29,31H,4,6,10-11,18-19,23-25H2,1-3H3,(H,35,39)/t31-/m0/s1. The maximum atomic E-state index is 14.3. The smallest absolute Gasteiger partial charge is 0.264 e. The highest BCUT2D eigenvalue weighted by Gasteiger charge is 2.34. The second-order valence-corrected chi connectivity index (χ2v) is 13.0. The van der Waals surface area contributed by atoms with E-state index in [1.165, 1.54) is 22.9 Å². The van der Waals surface area contributed by atoms with Crippen molar-refractivity contribution in [2.24, 2.45) is 0 Å². The summed E-state index contributed by atoms with van der Waals surface area (Å²) in [5.41, 5.74) is 3.20. The molecule has 4 rings (SSSR count). The van der Waals surface area contributed by atoms with Gasteiger partial charge in [-0.25, -0.2) is 8.42 Å². The Balaban J connectivity index is 1.69. The molecule has 0 aromatic heterocycles. The molecule has 3 aromatic rings. The second kappa shape index (κ2) is 14.5. The van der Waals surface area contributed by atoms with Crippen LogP contribution in [0.1, 0.15) is 62.1 Å². The quantitative estimate of drug-likeness (QED) is 0.289. The first kappa shape index (κ1) is 31.3. The monoisotopic (exact) mass is 589 g/mol. The Kier molecular flexibility index (Phi) is 10.8. The minimum Gasteiger partial charge on any atom is -0.352 e. The largest absolute Gasteiger partial charge is 0.352 e. The zero-order valence-electron chi connectivity index (χ0n) is 25.0. The van der Waals surface area contributed by atoms with Crippen LogP contribution in [0.15, 0.2) is 83.8 Å². The Morgan fingerprint density at radius 1 is 0.881 bits per heavy atom. The number of aryl methyl sites for hydroxylation is 1. The van der Waals surface area contributed by atoms with Crippen molar-refractivity contribution in [1.82, 2.24) is 10.2 Å². The summed E-state index contributed by atoms with van der Waals surface area (Å²) in [6.07, 6.45) is 6.20. The summed E-state index contributed by atoms with van der Waals surface area (Å²) in [6.45, 7) is 5.57. The Hall–Kier alpha value is -3.65. The van der Waals surface area contributed by atoms with Gasteiger partial charge in [0.2, 0.25) is 11.8 Å². The Morgan fingerprint density at radius 2 is 1.52 bits per heavy atom. The summed E-state index contributed by atoms with van der Waals surface area (Å²) in [5, 5.41) is 3.20. The highest BCUT2D eigenvalue weighted by atomic mass is 32.2. The molecular weight excluding hydrogens is 546 g/mol. The maximum absolute atomic E-state index is 14.3. The van der Waals surface area contributed by atoms with Crippen LogP contribution in [-0.2, 0) is 26.0 Å². The van der Waals surface area contributed by atoms with Crippen LogP contribution in [-0.4, -0.2) is 50.3 Å². The Morgan fingerprint density at radius 3 is 2.17 bits per heavy atom. The van der Waals surface area contributed by atoms with Gasteiger partial charge in [-0.2, -0.15) is 0 Å². The molecule has 0 aliphatic heterocycles. The van der Waals surface area contributed by atoms with Crippen molar-refractivity contribution < 1.29 is 18.0 Å². The average molecular weight is 590 g/mol. The van der Waals surface area contributed by atoms with Crippen molar-refractivity contribution in [2.45, 2.75) is 82.7 Å². The summed E-state index contributed by atoms with van der Waals surface area (Å²) in [7, 11) is -4.08. The first-order chi connectivity index (χ1) is 20.2. The van der Waals surface area contributed by atoms with E-state index in [9.17, 15) is 18.0 Å². The van der Waals surface area contributed by atoms with Crippen LogP contribution >= 0.6 is 0 Å². The zero-order valence-corrected chi connectivity index (χ0v) is 25.8. The highest BCUT2D eigenvalue weighted by Crippen LogP contribution is 2.29. The SMILES string of the molecule is CC[C@@H](C(=O)NC1CCCCC1)N(CCc1ccccc1)C(=O)CN(c1cccc(C)c1C)S(=O)(=O)c1ccccc1. The van der Waals surface area contributed by atoms with Crippen molar-refractivity contribution in [2.75, 3.05) is 17.4 Å². The zero-order chi connectivity index (χ0) is 30.1. The Bertz CT molecular complexity index is 1440. The predicted octanol–water partition coefficient (Wildman–Crippen LogP) is 5.80. The third-order valence-corrected chi connectivity index (χ3v) is 10.1. The van der Waals surface area contributed by atoms with Gasteiger partial charge in [0.15, 0.2) is 0 Å². The first-order valence-electron chi connectivity index (χ1n) is 15.0. The molecule has 0 unspecified atom stereocenters. The van der Waals surface area contributed by atoms with Crippen molar-refractivity contribution in [3.05, 3.63) is 95.6 Å². The molecule has 1 fully saturated rings. The molecule has 1 N–H and O–H groups in total. The first-order valence-corrected chi connectivity index (χ1v) is 16.4. The van der Waals surface area contributed by atoms with Crippen LogP contribution in [0.5, 0.6) is 0 Å². The van der Waals surface area contributed by atoms with Gasteiger partial charge in [-0.3, -0.25) is 13.9 Å². The minimum atomic E-state index is -4.08. The lowest BCUT2D eigenvalue weighted by molar-refractivity contribution is -0.140. The number of anilines is 1. The van der Waals surface area contributed by atoms with Crippen molar-refractivity contribution in [1.29, 1.82) is 0 Å². The molecule has 0 saturated heterocycles. The van der Waals surface area contributed by atoms with E-state index in [4.69, 9.17) is 0 Å². The van der Waals surface area contributed by atoms with Gasteiger partial charge < -0.3 is 10.2 Å². The molecule has 1 aliphatic rings. The number of nitrogens with zero attached hydrogens (tertiary/aromatic N) is 2. The summed E-state index contributed by atoms with van der Waals surface area (Å²) >= 11 is 0. The van der Waals surface area contributed by atoms with Crippen molar-refractivity contribution in [3.63, 3.8) is 0 Å². The van der Waals surface area contributed by atoms with Gasteiger partial charge in [0.05, 0.1) is 10.6 Å². The normalized spacial score (nSPS) is 14.6. The lowest BCUT2D eigenvalue weighted by Crippen LogP contribution is -2.54. The maximum Gasteiger partial charge on any atom is 0.264 e. The predicted molar refractivity (Wildman–Crippen MR) is 168 cm³/mol. The molecule has 3 aromatic carbocycles. The summed E-state index contributed by atoms with van der Waals surface area (Å²) in [6, 6.07) is 22.9. The van der Waals surface area contributed by atoms with E-state index < -0.39 is 28.5 Å². The third-order valence-electron chi connectivity index (χ3n) is 8.28. The lowest BCUT2D eigenvalue weighted by Gasteiger charge is -2.35. The molecule has 8 heteroatoms. The number of rotatable bonds is 12. The molecule has 0 radical (unpaired) electrons. The van der Waals surface area contributed by atoms with Crippen LogP contribution in [0, 0.1) is 13.8 Å². The van der Waals surface area contributed by atoms with Crippen molar-refractivity contribution >= 4 is 27.5 Å². The van der Waals surface area contributed by atoms with E-state index in [1.54, 1.807) is 35.2 Å². The van der Waals surface area contributed by atoms with Crippen LogP contribution in [0.2, 0.25) is 0 Å². The van der Waals surface area contributed by atoms with E-state index >= 15 is 0 Å². The van der Waals surface area contributed by atoms with Crippen LogP contribution in [0.3, 0.4) is 0 Å². The molecule has 1 saturated carbocycles. The molecule has 0 bridgehead atoms. The van der Waals surface area contributed by atoms with Gasteiger partial charge in [-0.05, 0) is 74.4 Å². The number of carbonyl (C=O) groups excluding carboxylic acids is 2. The Labute approximate surface area is 251 Å². The number of amides is 2. The summed E-state index contributed by atoms with van der Waals surface area (Å²) < 4.78 is 29.3. The fourth-order valence-corrected chi connectivity index (χ4v) is 7.17. The molecule has 7 nitrogen and oxygen atoms in total. The topological polar surface area (TPSA) is 86.8 Å². The number of carbonyl (C=O) groups is 2. The van der Waals surface area contributed by atoms with E-state index in [2.05, 4.69) is 5.32 Å². The van der Waals surface area contributed by atoms with E-state index in [-0.39, 0.29) is 16.8 Å². The number of hydrogen-bond acceptors (Lipinski definition) is 4. The fraction of sp³-hybridized carbons (Fsp3) is 0.412. The molecule has 224 valence electrons. The summed E-state index contributed by atoms with van der Waals surface area (Å²) in [5.74, 6) is -0.577. The van der Waals surface area contributed by atoms with Crippen LogP contribution in [0.4, 0.5) is 5.69 Å². The van der Waals surface area contributed by atoms with E-state index in [0.717, 1.165) is 42.4 Å². The second-order valence-electron chi connectivity index (χ2n) is 11.1. The molecule has 0 heterocycles. The molecule has 1 aliphatic carbocycles. The van der Waals surface area contributed by atoms with Gasteiger partial charge >= 0.3 is 0 Å². The number of hydrogen-bond donors (Lipinski definition) is 1. The fourth-order valence-electron chi connectivity index (χ4n) is 5.68. The summed E-state index contributed by atoms with van der Waals surface area (Å²) in [4.78, 5) is 29.6. The average Bonchev–Trinajstić information content (AvgIpc) is 3.00. The molecule has 42 heavy (non-hydrogen) atoms. The van der Waals surface area contributed by atoms with Crippen LogP contribution < -0.4 is 9.62 Å². The molecule has 1 atom stereocenters. The van der Waals surface area contributed by atoms with Crippen molar-refractivity contribution in [3.8, 4) is 0 Å². The highest BCUT2D eigenvalue weighted by molar-refractivity contribution is 7.92. The van der Waals surface area contributed by atoms with Gasteiger partial charge in [-0.15, -0.1) is 0 Å². The number of benzene rings is 3. The van der Waals surface area contributed by atoms with Gasteiger partial charge in [-0.1, -0.05) is 86.8 Å². The number of nitrogens with one attached hydrogen (secondary N) is 1. The molecule has 0 spiro atoms. The number of sulfonamides is 1. The third kappa shape index (κ3) is 7.59. The van der Waals surface area contributed by atoms with Gasteiger partial charge in [0.1, 0.15) is 12.6 Å². The van der Waals surface area contributed by atoms with Gasteiger partial charge in [0.25, 0.3) is 10.0 Å². The molecule has 2 amide bonds.